The second kappa shape index (κ2) is 5.26. The maximum Gasteiger partial charge on any atom is 0.145 e. The molecule has 1 aliphatic heterocycles. The van der Waals surface area contributed by atoms with E-state index >= 15 is 0 Å². The molecule has 0 amide bonds. The molecule has 2 N–H and O–H groups in total. The first-order valence-electron chi connectivity index (χ1n) is 7.19. The predicted molar refractivity (Wildman–Crippen MR) is 86.9 cm³/mol. The molecule has 1 unspecified atom stereocenters. The molecular weight excluding hydrogens is 300 g/mol. The standard InChI is InChI=1S/C16H15ClN4O/c17-15-14-13(10-1-3-11(18)4-2-10)7-21(12-5-6-22-8-12)16(14)20-9-19-15/h1-4,7,9,12H,5-6,8,18H2. The minimum absolute atomic E-state index is 0.288. The van der Waals surface area contributed by atoms with E-state index < -0.39 is 0 Å². The molecule has 0 aliphatic carbocycles. The molecule has 1 atom stereocenters. The minimum Gasteiger partial charge on any atom is -0.399 e. The molecule has 1 fully saturated rings. The van der Waals surface area contributed by atoms with E-state index in [2.05, 4.69) is 20.7 Å². The topological polar surface area (TPSA) is 66.0 Å². The van der Waals surface area contributed by atoms with Gasteiger partial charge >= 0.3 is 0 Å². The average Bonchev–Trinajstić information content (AvgIpc) is 3.15. The van der Waals surface area contributed by atoms with E-state index in [1.807, 2.05) is 24.3 Å². The summed E-state index contributed by atoms with van der Waals surface area (Å²) < 4.78 is 7.66. The molecule has 112 valence electrons. The highest BCUT2D eigenvalue weighted by atomic mass is 35.5. The van der Waals surface area contributed by atoms with Crippen LogP contribution in [0.4, 0.5) is 5.69 Å². The van der Waals surface area contributed by atoms with Gasteiger partial charge < -0.3 is 15.0 Å². The first-order valence-corrected chi connectivity index (χ1v) is 7.56. The van der Waals surface area contributed by atoms with Gasteiger partial charge in [0.05, 0.1) is 18.0 Å². The third-order valence-corrected chi connectivity index (χ3v) is 4.37. The number of fused-ring (bicyclic) bond motifs is 1. The Morgan fingerprint density at radius 3 is 2.77 bits per heavy atom. The molecule has 1 aromatic carbocycles. The van der Waals surface area contributed by atoms with Crippen molar-refractivity contribution in [2.75, 3.05) is 18.9 Å². The summed E-state index contributed by atoms with van der Waals surface area (Å²) in [6, 6.07) is 8.03. The molecule has 1 saturated heterocycles. The highest BCUT2D eigenvalue weighted by Crippen LogP contribution is 2.36. The molecule has 5 nitrogen and oxygen atoms in total. The van der Waals surface area contributed by atoms with E-state index in [9.17, 15) is 0 Å². The lowest BCUT2D eigenvalue weighted by Crippen LogP contribution is -2.07. The van der Waals surface area contributed by atoms with Crippen LogP contribution in [0.25, 0.3) is 22.2 Å². The third kappa shape index (κ3) is 2.14. The molecule has 1 aliphatic rings. The maximum absolute atomic E-state index is 6.34. The summed E-state index contributed by atoms with van der Waals surface area (Å²) >= 11 is 6.34. The zero-order chi connectivity index (χ0) is 15.1. The number of halogens is 1. The van der Waals surface area contributed by atoms with Crippen molar-refractivity contribution in [1.29, 1.82) is 0 Å². The lowest BCUT2D eigenvalue weighted by atomic mass is 10.1. The lowest BCUT2D eigenvalue weighted by Gasteiger charge is -2.10. The number of hydrogen-bond acceptors (Lipinski definition) is 4. The molecule has 3 heterocycles. The fourth-order valence-corrected chi connectivity index (χ4v) is 3.18. The molecule has 4 rings (SSSR count). The molecule has 2 aromatic heterocycles. The van der Waals surface area contributed by atoms with Crippen molar-refractivity contribution in [3.05, 3.63) is 41.9 Å². The fraction of sp³-hybridized carbons (Fsp3) is 0.250. The predicted octanol–water partition coefficient (Wildman–Crippen LogP) is 3.30. The van der Waals surface area contributed by atoms with Gasteiger partial charge in [-0.3, -0.25) is 0 Å². The molecule has 0 radical (unpaired) electrons. The second-order valence-electron chi connectivity index (χ2n) is 5.45. The monoisotopic (exact) mass is 314 g/mol. The number of nitrogens with two attached hydrogens (primary N) is 1. The molecule has 0 spiro atoms. The van der Waals surface area contributed by atoms with Crippen molar-refractivity contribution in [2.45, 2.75) is 12.5 Å². The van der Waals surface area contributed by atoms with Crippen molar-refractivity contribution >= 4 is 28.3 Å². The van der Waals surface area contributed by atoms with E-state index in [0.717, 1.165) is 40.9 Å². The summed E-state index contributed by atoms with van der Waals surface area (Å²) in [5.74, 6) is 0. The number of benzene rings is 1. The van der Waals surface area contributed by atoms with Crippen LogP contribution in [0.1, 0.15) is 12.5 Å². The van der Waals surface area contributed by atoms with Crippen molar-refractivity contribution in [2.24, 2.45) is 0 Å². The van der Waals surface area contributed by atoms with Crippen molar-refractivity contribution < 1.29 is 4.74 Å². The van der Waals surface area contributed by atoms with Gasteiger partial charge in [0.2, 0.25) is 0 Å². The Morgan fingerprint density at radius 2 is 2.05 bits per heavy atom. The summed E-state index contributed by atoms with van der Waals surface area (Å²) in [6.07, 6.45) is 4.58. The van der Waals surface area contributed by atoms with Gasteiger partial charge in [0.1, 0.15) is 17.1 Å². The Balaban J connectivity index is 1.95. The van der Waals surface area contributed by atoms with Crippen LogP contribution in [-0.4, -0.2) is 27.7 Å². The molecule has 0 bridgehead atoms. The van der Waals surface area contributed by atoms with Gasteiger partial charge in [0, 0.05) is 24.1 Å². The van der Waals surface area contributed by atoms with Crippen LogP contribution in [0, 0.1) is 0 Å². The molecule has 6 heteroatoms. The van der Waals surface area contributed by atoms with Crippen molar-refractivity contribution in [1.82, 2.24) is 14.5 Å². The van der Waals surface area contributed by atoms with Crippen LogP contribution in [0.15, 0.2) is 36.8 Å². The van der Waals surface area contributed by atoms with Crippen LogP contribution in [0.5, 0.6) is 0 Å². The Labute approximate surface area is 132 Å². The third-order valence-electron chi connectivity index (χ3n) is 4.08. The molecule has 0 saturated carbocycles. The quantitative estimate of drug-likeness (QED) is 0.582. The van der Waals surface area contributed by atoms with Gasteiger partial charge in [-0.2, -0.15) is 0 Å². The van der Waals surface area contributed by atoms with Crippen molar-refractivity contribution in [3.63, 3.8) is 0 Å². The van der Waals surface area contributed by atoms with Gasteiger partial charge in [-0.05, 0) is 24.1 Å². The van der Waals surface area contributed by atoms with E-state index in [-0.39, 0.29) is 6.04 Å². The lowest BCUT2D eigenvalue weighted by molar-refractivity contribution is 0.187. The fourth-order valence-electron chi connectivity index (χ4n) is 2.95. The molecular formula is C16H15ClN4O. The number of nitrogens with zero attached hydrogens (tertiary/aromatic N) is 3. The minimum atomic E-state index is 0.288. The van der Waals surface area contributed by atoms with E-state index in [1.165, 1.54) is 6.33 Å². The zero-order valence-electron chi connectivity index (χ0n) is 11.9. The number of anilines is 1. The first-order chi connectivity index (χ1) is 10.7. The summed E-state index contributed by atoms with van der Waals surface area (Å²) in [7, 11) is 0. The van der Waals surface area contributed by atoms with Gasteiger partial charge in [-0.15, -0.1) is 0 Å². The van der Waals surface area contributed by atoms with Crippen LogP contribution >= 0.6 is 11.6 Å². The SMILES string of the molecule is Nc1ccc(-c2cn(C3CCOC3)c3ncnc(Cl)c23)cc1. The average molecular weight is 315 g/mol. The Kier molecular flexibility index (Phi) is 3.24. The highest BCUT2D eigenvalue weighted by Gasteiger charge is 2.23. The van der Waals surface area contributed by atoms with Crippen LogP contribution in [0.3, 0.4) is 0 Å². The Morgan fingerprint density at radius 1 is 1.23 bits per heavy atom. The highest BCUT2D eigenvalue weighted by molar-refractivity contribution is 6.35. The van der Waals surface area contributed by atoms with Crippen LogP contribution < -0.4 is 5.73 Å². The van der Waals surface area contributed by atoms with Crippen molar-refractivity contribution in [3.8, 4) is 11.1 Å². The van der Waals surface area contributed by atoms with Gasteiger partial charge in [0.15, 0.2) is 0 Å². The number of hydrogen-bond donors (Lipinski definition) is 1. The molecule has 3 aromatic rings. The number of nitrogen functional groups attached to an aromatic ring is 1. The number of rotatable bonds is 2. The van der Waals surface area contributed by atoms with E-state index in [4.69, 9.17) is 22.1 Å². The summed E-state index contributed by atoms with van der Waals surface area (Å²) in [5, 5.41) is 1.34. The smallest absolute Gasteiger partial charge is 0.145 e. The van der Waals surface area contributed by atoms with Crippen LogP contribution in [0.2, 0.25) is 5.15 Å². The van der Waals surface area contributed by atoms with Gasteiger partial charge in [0.25, 0.3) is 0 Å². The normalized spacial score (nSPS) is 18.1. The number of ether oxygens (including phenoxy) is 1. The van der Waals surface area contributed by atoms with Crippen LogP contribution in [-0.2, 0) is 4.74 Å². The summed E-state index contributed by atoms with van der Waals surface area (Å²) in [5.41, 5.74) is 9.43. The van der Waals surface area contributed by atoms with Gasteiger partial charge in [-0.25, -0.2) is 9.97 Å². The first kappa shape index (κ1) is 13.5. The summed E-state index contributed by atoms with van der Waals surface area (Å²) in [6.45, 7) is 1.48. The van der Waals surface area contributed by atoms with Gasteiger partial charge in [-0.1, -0.05) is 23.7 Å². The maximum atomic E-state index is 6.34. The Hall–Kier alpha value is -2.11. The summed E-state index contributed by atoms with van der Waals surface area (Å²) in [4.78, 5) is 8.57. The van der Waals surface area contributed by atoms with E-state index in [1.54, 1.807) is 0 Å². The molecule has 22 heavy (non-hydrogen) atoms. The number of aromatic nitrogens is 3. The van der Waals surface area contributed by atoms with E-state index in [0.29, 0.717) is 11.8 Å². The zero-order valence-corrected chi connectivity index (χ0v) is 12.6. The Bertz CT molecular complexity index is 822. The largest absolute Gasteiger partial charge is 0.399 e. The second-order valence-corrected chi connectivity index (χ2v) is 5.81.